The molecule has 0 amide bonds. The summed E-state index contributed by atoms with van der Waals surface area (Å²) in [6, 6.07) is 4.50. The zero-order valence-corrected chi connectivity index (χ0v) is 12.2. The summed E-state index contributed by atoms with van der Waals surface area (Å²) in [5.41, 5.74) is 2.42. The van der Waals surface area contributed by atoms with Crippen LogP contribution in [0.1, 0.15) is 48.8 Å². The number of nitrogens with zero attached hydrogens (tertiary/aromatic N) is 3. The maximum Gasteiger partial charge on any atom is 0.113 e. The van der Waals surface area contributed by atoms with Crippen molar-refractivity contribution in [2.24, 2.45) is 0 Å². The highest BCUT2D eigenvalue weighted by Crippen LogP contribution is 2.26. The van der Waals surface area contributed by atoms with Crippen LogP contribution in [-0.4, -0.2) is 21.1 Å². The third-order valence-electron chi connectivity index (χ3n) is 4.12. The number of hydrogen-bond acceptors (Lipinski definition) is 3. The van der Waals surface area contributed by atoms with Crippen molar-refractivity contribution in [3.63, 3.8) is 0 Å². The predicted octanol–water partition coefficient (Wildman–Crippen LogP) is 2.81. The summed E-state index contributed by atoms with van der Waals surface area (Å²) in [5, 5.41) is 3.64. The normalized spacial score (nSPS) is 19.6. The average Bonchev–Trinajstić information content (AvgIpc) is 2.86. The van der Waals surface area contributed by atoms with Crippen LogP contribution in [-0.2, 0) is 6.54 Å². The van der Waals surface area contributed by atoms with Crippen molar-refractivity contribution < 1.29 is 0 Å². The van der Waals surface area contributed by atoms with Gasteiger partial charge in [-0.3, -0.25) is 4.98 Å². The maximum atomic E-state index is 4.70. The van der Waals surface area contributed by atoms with Gasteiger partial charge in [-0.15, -0.1) is 0 Å². The molecule has 0 saturated heterocycles. The summed E-state index contributed by atoms with van der Waals surface area (Å²) >= 11 is 0. The number of imidazole rings is 1. The average molecular weight is 270 g/mol. The third-order valence-corrected chi connectivity index (χ3v) is 4.12. The molecule has 1 aliphatic rings. The molecule has 0 spiro atoms. The molecule has 0 fully saturated rings. The van der Waals surface area contributed by atoms with E-state index in [1.807, 2.05) is 12.4 Å². The second-order valence-corrected chi connectivity index (χ2v) is 5.68. The zero-order chi connectivity index (χ0) is 13.9. The van der Waals surface area contributed by atoms with Gasteiger partial charge >= 0.3 is 0 Å². The van der Waals surface area contributed by atoms with Gasteiger partial charge in [0.25, 0.3) is 0 Å². The van der Waals surface area contributed by atoms with E-state index in [0.717, 1.165) is 18.8 Å². The fourth-order valence-electron chi connectivity index (χ4n) is 2.99. The lowest BCUT2D eigenvalue weighted by molar-refractivity contribution is 0.408. The minimum Gasteiger partial charge on any atom is -0.334 e. The molecular formula is C16H22N4. The monoisotopic (exact) mass is 270 g/mol. The lowest BCUT2D eigenvalue weighted by Gasteiger charge is -2.25. The Morgan fingerprint density at radius 2 is 2.20 bits per heavy atom. The molecule has 0 aliphatic carbocycles. The SMILES string of the molecule is Cc1cn2c(n1)[C@@H](CN[C@H](C)c1ccncc1)CCC2. The first-order chi connectivity index (χ1) is 9.74. The van der Waals surface area contributed by atoms with E-state index in [9.17, 15) is 0 Å². The van der Waals surface area contributed by atoms with Gasteiger partial charge in [0.15, 0.2) is 0 Å². The fraction of sp³-hybridized carbons (Fsp3) is 0.500. The van der Waals surface area contributed by atoms with E-state index in [1.165, 1.54) is 24.2 Å². The molecule has 4 heteroatoms. The topological polar surface area (TPSA) is 42.7 Å². The quantitative estimate of drug-likeness (QED) is 0.929. The molecule has 0 aromatic carbocycles. The van der Waals surface area contributed by atoms with Crippen molar-refractivity contribution in [1.29, 1.82) is 0 Å². The molecule has 2 atom stereocenters. The summed E-state index contributed by atoms with van der Waals surface area (Å²) in [6.45, 7) is 6.39. The number of nitrogens with one attached hydrogen (secondary N) is 1. The van der Waals surface area contributed by atoms with Gasteiger partial charge < -0.3 is 9.88 Å². The number of fused-ring (bicyclic) bond motifs is 1. The molecule has 0 bridgehead atoms. The predicted molar refractivity (Wildman–Crippen MR) is 79.6 cm³/mol. The fourth-order valence-corrected chi connectivity index (χ4v) is 2.99. The molecule has 1 aliphatic heterocycles. The van der Waals surface area contributed by atoms with Crippen molar-refractivity contribution in [2.75, 3.05) is 6.54 Å². The summed E-state index contributed by atoms with van der Waals surface area (Å²) in [7, 11) is 0. The Morgan fingerprint density at radius 3 is 3.00 bits per heavy atom. The van der Waals surface area contributed by atoms with Crippen LogP contribution >= 0.6 is 0 Å². The minimum atomic E-state index is 0.351. The van der Waals surface area contributed by atoms with E-state index in [4.69, 9.17) is 4.98 Å². The molecule has 20 heavy (non-hydrogen) atoms. The lowest BCUT2D eigenvalue weighted by atomic mass is 9.98. The van der Waals surface area contributed by atoms with Crippen molar-refractivity contribution in [2.45, 2.75) is 45.2 Å². The Balaban J connectivity index is 1.65. The second-order valence-electron chi connectivity index (χ2n) is 5.68. The van der Waals surface area contributed by atoms with Crippen LogP contribution in [0.5, 0.6) is 0 Å². The van der Waals surface area contributed by atoms with Crippen LogP contribution in [0.3, 0.4) is 0 Å². The van der Waals surface area contributed by atoms with E-state index in [1.54, 1.807) is 0 Å². The Bertz CT molecular complexity index is 561. The van der Waals surface area contributed by atoms with Crippen molar-refractivity contribution in [1.82, 2.24) is 19.9 Å². The smallest absolute Gasteiger partial charge is 0.113 e. The summed E-state index contributed by atoms with van der Waals surface area (Å²) in [6.07, 6.45) is 8.35. The lowest BCUT2D eigenvalue weighted by Crippen LogP contribution is -2.28. The van der Waals surface area contributed by atoms with Gasteiger partial charge in [0.1, 0.15) is 5.82 Å². The number of pyridine rings is 1. The molecule has 3 rings (SSSR count). The van der Waals surface area contributed by atoms with Gasteiger partial charge in [0.2, 0.25) is 0 Å². The van der Waals surface area contributed by atoms with E-state index in [-0.39, 0.29) is 0 Å². The van der Waals surface area contributed by atoms with Crippen LogP contribution < -0.4 is 5.32 Å². The maximum absolute atomic E-state index is 4.70. The van der Waals surface area contributed by atoms with Gasteiger partial charge in [0, 0.05) is 43.6 Å². The van der Waals surface area contributed by atoms with Crippen LogP contribution in [0.25, 0.3) is 0 Å². The zero-order valence-electron chi connectivity index (χ0n) is 12.2. The highest BCUT2D eigenvalue weighted by Gasteiger charge is 2.22. The van der Waals surface area contributed by atoms with Gasteiger partial charge in [-0.1, -0.05) is 0 Å². The highest BCUT2D eigenvalue weighted by atomic mass is 15.1. The van der Waals surface area contributed by atoms with Crippen LogP contribution in [0.4, 0.5) is 0 Å². The van der Waals surface area contributed by atoms with Gasteiger partial charge in [-0.2, -0.15) is 0 Å². The highest BCUT2D eigenvalue weighted by molar-refractivity contribution is 5.15. The summed E-state index contributed by atoms with van der Waals surface area (Å²) in [4.78, 5) is 8.77. The first kappa shape index (κ1) is 13.3. The molecule has 1 N–H and O–H groups in total. The minimum absolute atomic E-state index is 0.351. The first-order valence-electron chi connectivity index (χ1n) is 7.41. The molecular weight excluding hydrogens is 248 g/mol. The number of aromatic nitrogens is 3. The standard InChI is InChI=1S/C16H22N4/c1-12-11-20-9-3-4-15(16(20)19-12)10-18-13(2)14-5-7-17-8-6-14/h5-8,11,13,15,18H,3-4,9-10H2,1-2H3/t13-,15-/m1/s1. The van der Waals surface area contributed by atoms with Crippen LogP contribution in [0.15, 0.2) is 30.7 Å². The number of aryl methyl sites for hydroxylation is 2. The Labute approximate surface area is 120 Å². The van der Waals surface area contributed by atoms with E-state index in [0.29, 0.717) is 12.0 Å². The third kappa shape index (κ3) is 2.75. The molecule has 106 valence electrons. The van der Waals surface area contributed by atoms with E-state index >= 15 is 0 Å². The van der Waals surface area contributed by atoms with Crippen molar-refractivity contribution >= 4 is 0 Å². The second kappa shape index (κ2) is 5.75. The van der Waals surface area contributed by atoms with Gasteiger partial charge in [0.05, 0.1) is 5.69 Å². The van der Waals surface area contributed by atoms with Crippen LogP contribution in [0.2, 0.25) is 0 Å². The Hall–Kier alpha value is -1.68. The number of hydrogen-bond donors (Lipinski definition) is 1. The Morgan fingerprint density at radius 1 is 1.40 bits per heavy atom. The van der Waals surface area contributed by atoms with Gasteiger partial charge in [-0.25, -0.2) is 4.98 Å². The molecule has 2 aromatic heterocycles. The Kier molecular flexibility index (Phi) is 3.83. The molecule has 3 heterocycles. The molecule has 2 aromatic rings. The summed E-state index contributed by atoms with van der Waals surface area (Å²) in [5.74, 6) is 1.78. The summed E-state index contributed by atoms with van der Waals surface area (Å²) < 4.78 is 2.32. The van der Waals surface area contributed by atoms with Crippen LogP contribution in [0, 0.1) is 6.92 Å². The number of rotatable bonds is 4. The first-order valence-corrected chi connectivity index (χ1v) is 7.41. The van der Waals surface area contributed by atoms with E-state index in [2.05, 4.69) is 47.0 Å². The molecule has 0 saturated carbocycles. The largest absolute Gasteiger partial charge is 0.334 e. The van der Waals surface area contributed by atoms with E-state index < -0.39 is 0 Å². The van der Waals surface area contributed by atoms with Gasteiger partial charge in [-0.05, 0) is 44.4 Å². The molecule has 0 radical (unpaired) electrons. The molecule has 4 nitrogen and oxygen atoms in total. The van der Waals surface area contributed by atoms with Crippen molar-refractivity contribution in [3.05, 3.63) is 47.8 Å². The van der Waals surface area contributed by atoms with Crippen molar-refractivity contribution in [3.8, 4) is 0 Å². The molecule has 0 unspecified atom stereocenters.